The number of likely N-dealkylation sites (N-methyl/N-ethyl adjacent to an activating group) is 1. The molecule has 18 heteroatoms. The molecule has 2 amide bonds. The number of nitrogen functional groups attached to an aromatic ring is 2. The van der Waals surface area contributed by atoms with Crippen molar-refractivity contribution in [3.8, 4) is 11.1 Å². The smallest absolute Gasteiger partial charge is 0.328 e. The molecule has 3 rings (SSSR count). The van der Waals surface area contributed by atoms with E-state index in [9.17, 15) is 29.7 Å². The number of hydrogen-bond donors (Lipinski definition) is 9. The van der Waals surface area contributed by atoms with Gasteiger partial charge in [-0.15, -0.1) is 0 Å². The molecule has 0 spiro atoms. The van der Waals surface area contributed by atoms with Crippen LogP contribution >= 0.6 is 11.6 Å². The number of ether oxygens (including phenoxy) is 1. The average molecular weight is 814 g/mol. The minimum Gasteiger partial charge on any atom is -0.467 e. The third-order valence-electron chi connectivity index (χ3n) is 9.37. The minimum absolute atomic E-state index is 0.0344. The van der Waals surface area contributed by atoms with Gasteiger partial charge >= 0.3 is 5.97 Å². The number of aliphatic imine (C=N–C) groups is 1. The van der Waals surface area contributed by atoms with E-state index in [1.807, 2.05) is 24.3 Å². The summed E-state index contributed by atoms with van der Waals surface area (Å²) in [7, 11) is 2.89. The third kappa shape index (κ3) is 15.2. The van der Waals surface area contributed by atoms with Gasteiger partial charge < -0.3 is 52.6 Å². The van der Waals surface area contributed by atoms with Crippen LogP contribution in [0.25, 0.3) is 11.1 Å². The minimum atomic E-state index is -1.37. The number of aliphatic hydroxyl groups excluding tert-OH is 4. The van der Waals surface area contributed by atoms with Crippen molar-refractivity contribution in [2.45, 2.75) is 82.1 Å². The number of benzene rings is 2. The van der Waals surface area contributed by atoms with E-state index in [-0.39, 0.29) is 60.3 Å². The number of methoxy groups -OCH3 is 1. The Kier molecular flexibility index (Phi) is 19.6. The fraction of sp³-hybridized carbons (Fsp3) is 0.487. The highest BCUT2D eigenvalue weighted by atomic mass is 35.5. The Morgan fingerprint density at radius 2 is 1.51 bits per heavy atom. The number of rotatable bonds is 23. The van der Waals surface area contributed by atoms with Gasteiger partial charge in [0.25, 0.3) is 5.91 Å². The van der Waals surface area contributed by atoms with Gasteiger partial charge in [0, 0.05) is 33.2 Å². The first-order valence-corrected chi connectivity index (χ1v) is 19.2. The van der Waals surface area contributed by atoms with Crippen LogP contribution in [0.4, 0.5) is 11.6 Å². The number of carbonyl (C=O) groups is 3. The molecule has 2 aromatic carbocycles. The molecule has 12 N–H and O–H groups in total. The van der Waals surface area contributed by atoms with Crippen molar-refractivity contribution in [1.82, 2.24) is 25.5 Å². The summed E-state index contributed by atoms with van der Waals surface area (Å²) in [5.41, 5.74) is 21.1. The van der Waals surface area contributed by atoms with E-state index in [4.69, 9.17) is 38.6 Å². The van der Waals surface area contributed by atoms with Crippen molar-refractivity contribution in [3.63, 3.8) is 0 Å². The molecule has 0 bridgehead atoms. The number of aliphatic hydroxyl groups is 4. The maximum absolute atomic E-state index is 13.1. The van der Waals surface area contributed by atoms with Crippen molar-refractivity contribution in [2.75, 3.05) is 51.9 Å². The van der Waals surface area contributed by atoms with Crippen LogP contribution in [0.15, 0.2) is 53.5 Å². The van der Waals surface area contributed by atoms with Crippen LogP contribution in [0.3, 0.4) is 0 Å². The zero-order valence-corrected chi connectivity index (χ0v) is 33.2. The average Bonchev–Trinajstić information content (AvgIpc) is 3.20. The number of unbranched alkanes of at least 4 members (excludes halogenated alkanes) is 2. The van der Waals surface area contributed by atoms with Gasteiger partial charge in [0.05, 0.1) is 19.3 Å². The summed E-state index contributed by atoms with van der Waals surface area (Å²) < 4.78 is 4.97. The van der Waals surface area contributed by atoms with Crippen molar-refractivity contribution in [2.24, 2.45) is 10.7 Å². The molecule has 1 heterocycles. The molecule has 0 aliphatic carbocycles. The molecule has 1 aromatic heterocycles. The second-order valence-electron chi connectivity index (χ2n) is 13.6. The molecule has 4 unspecified atom stereocenters. The van der Waals surface area contributed by atoms with Gasteiger partial charge in [-0.05, 0) is 80.2 Å². The molecular weight excluding hydrogens is 758 g/mol. The second kappa shape index (κ2) is 24.0. The first-order chi connectivity index (χ1) is 27.2. The molecule has 312 valence electrons. The molecule has 3 aromatic rings. The quantitative estimate of drug-likeness (QED) is 0.0282. The zero-order valence-electron chi connectivity index (χ0n) is 32.4. The van der Waals surface area contributed by atoms with Crippen LogP contribution in [0.2, 0.25) is 5.15 Å². The van der Waals surface area contributed by atoms with Gasteiger partial charge in [-0.1, -0.05) is 60.1 Å². The Bertz CT molecular complexity index is 1770. The number of nitrogens with two attached hydrogens (primary N) is 3. The Labute approximate surface area is 337 Å². The molecule has 0 radical (unpaired) electrons. The predicted molar refractivity (Wildman–Crippen MR) is 218 cm³/mol. The van der Waals surface area contributed by atoms with Crippen LogP contribution in [-0.4, -0.2) is 124 Å². The van der Waals surface area contributed by atoms with Crippen molar-refractivity contribution in [3.05, 3.63) is 70.5 Å². The molecule has 0 aliphatic rings. The number of hydrogen-bond acceptors (Lipinski definition) is 14. The van der Waals surface area contributed by atoms with E-state index >= 15 is 0 Å². The van der Waals surface area contributed by atoms with Crippen LogP contribution in [0.1, 0.15) is 66.6 Å². The van der Waals surface area contributed by atoms with Crippen LogP contribution in [0.5, 0.6) is 0 Å². The highest BCUT2D eigenvalue weighted by Crippen LogP contribution is 2.22. The maximum Gasteiger partial charge on any atom is 0.328 e. The largest absolute Gasteiger partial charge is 0.467 e. The maximum atomic E-state index is 13.1. The summed E-state index contributed by atoms with van der Waals surface area (Å²) in [4.78, 5) is 51.3. The standard InChI is InChI=1S/C39H56ClN9O8/c1-49(28(38(56)57-2)8-4-5-20-44-23-30(52)33(54)29(51)19-22-50)31(53)18-13-25-11-16-27(17-12-25)26-14-9-24(10-15-26)7-3-6-21-45-39(43)48-37(55)32-35(41)47-36(42)34(40)46-32/h9-12,14-17,28-30,33,44,50-52,54H,3-8,13,18-23H2,1-2H3,(H4,41,42,47)(H3,43,45,48,55). The molecule has 57 heavy (non-hydrogen) atoms. The van der Waals surface area contributed by atoms with Crippen LogP contribution in [-0.2, 0) is 27.2 Å². The highest BCUT2D eigenvalue weighted by Gasteiger charge is 2.27. The van der Waals surface area contributed by atoms with E-state index in [2.05, 4.69) is 49.9 Å². The van der Waals surface area contributed by atoms with Gasteiger partial charge in [0.1, 0.15) is 12.1 Å². The number of anilines is 2. The van der Waals surface area contributed by atoms with E-state index in [0.29, 0.717) is 38.8 Å². The number of aryl methyl sites for hydroxylation is 2. The molecule has 17 nitrogen and oxygen atoms in total. The summed E-state index contributed by atoms with van der Waals surface area (Å²) in [6.07, 6.45) is 0.970. The first-order valence-electron chi connectivity index (χ1n) is 18.8. The Morgan fingerprint density at radius 3 is 2.12 bits per heavy atom. The number of guanidine groups is 1. The van der Waals surface area contributed by atoms with E-state index in [1.165, 1.54) is 17.6 Å². The second-order valence-corrected chi connectivity index (χ2v) is 13.9. The molecule has 0 aliphatic heterocycles. The molecule has 0 fully saturated rings. The summed E-state index contributed by atoms with van der Waals surface area (Å²) in [6, 6.07) is 15.6. The zero-order chi connectivity index (χ0) is 41.9. The molecule has 4 atom stereocenters. The molecule has 0 saturated heterocycles. The normalized spacial score (nSPS) is 13.7. The van der Waals surface area contributed by atoms with Crippen molar-refractivity contribution >= 4 is 47.0 Å². The number of nitrogens with one attached hydrogen (secondary N) is 2. The fourth-order valence-corrected chi connectivity index (χ4v) is 6.04. The molecule has 0 saturated carbocycles. The first kappa shape index (κ1) is 46.5. The summed E-state index contributed by atoms with van der Waals surface area (Å²) in [5.74, 6) is -1.68. The topological polar surface area (TPSA) is 285 Å². The van der Waals surface area contributed by atoms with Gasteiger partial charge in [-0.25, -0.2) is 14.8 Å². The number of esters is 1. The van der Waals surface area contributed by atoms with Gasteiger partial charge in [-0.3, -0.25) is 19.9 Å². The fourth-order valence-electron chi connectivity index (χ4n) is 5.92. The summed E-state index contributed by atoms with van der Waals surface area (Å²) in [5, 5.41) is 43.8. The van der Waals surface area contributed by atoms with Gasteiger partial charge in [0.2, 0.25) is 5.91 Å². The van der Waals surface area contributed by atoms with Crippen molar-refractivity contribution in [1.29, 1.82) is 0 Å². The van der Waals surface area contributed by atoms with E-state index in [0.717, 1.165) is 36.0 Å². The van der Waals surface area contributed by atoms with Crippen molar-refractivity contribution < 1.29 is 39.5 Å². The van der Waals surface area contributed by atoms with E-state index < -0.39 is 36.2 Å². The number of amides is 2. The third-order valence-corrected chi connectivity index (χ3v) is 9.65. The highest BCUT2D eigenvalue weighted by molar-refractivity contribution is 6.31. The number of aromatic nitrogens is 2. The number of nitrogens with zero attached hydrogens (tertiary/aromatic N) is 4. The lowest BCUT2D eigenvalue weighted by atomic mass is 9.99. The lowest BCUT2D eigenvalue weighted by Crippen LogP contribution is -2.44. The lowest BCUT2D eigenvalue weighted by molar-refractivity contribution is -0.152. The van der Waals surface area contributed by atoms with Gasteiger partial charge in [0.15, 0.2) is 28.4 Å². The predicted octanol–water partition coefficient (Wildman–Crippen LogP) is 1.19. The summed E-state index contributed by atoms with van der Waals surface area (Å²) >= 11 is 5.83. The van der Waals surface area contributed by atoms with E-state index in [1.54, 1.807) is 7.05 Å². The summed E-state index contributed by atoms with van der Waals surface area (Å²) in [6.45, 7) is 0.653. The Balaban J connectivity index is 1.38. The number of carbonyl (C=O) groups excluding carboxylic acids is 3. The Hall–Kier alpha value is -4.91. The van der Waals surface area contributed by atoms with Crippen LogP contribution < -0.4 is 27.8 Å². The monoisotopic (exact) mass is 813 g/mol. The Morgan fingerprint density at radius 1 is 0.877 bits per heavy atom. The number of halogens is 1. The SMILES string of the molecule is COC(=O)C(CCCCNCC(O)C(O)C(O)CCO)N(C)C(=O)CCc1ccc(-c2ccc(CCCCN=C(N)NC(=O)c3nc(Cl)c(N)nc3N)cc2)cc1. The van der Waals surface area contributed by atoms with Gasteiger partial charge in [-0.2, -0.15) is 0 Å². The molecular formula is C39H56ClN9O8. The lowest BCUT2D eigenvalue weighted by Gasteiger charge is -2.26. The van der Waals surface area contributed by atoms with Crippen LogP contribution in [0, 0.1) is 0 Å².